The molecule has 1 N–H and O–H groups in total. The lowest BCUT2D eigenvalue weighted by Crippen LogP contribution is -2.05. The number of thiazole rings is 1. The molecule has 0 amide bonds. The number of fused-ring (bicyclic) bond motifs is 1. The minimum Gasteiger partial charge on any atom is -0.493 e. The summed E-state index contributed by atoms with van der Waals surface area (Å²) < 4.78 is 12.3. The number of rotatable bonds is 5. The van der Waals surface area contributed by atoms with E-state index in [2.05, 4.69) is 4.98 Å². The third-order valence-corrected chi connectivity index (χ3v) is 4.48. The third-order valence-electron chi connectivity index (χ3n) is 3.65. The van der Waals surface area contributed by atoms with Gasteiger partial charge < -0.3 is 14.6 Å². The van der Waals surface area contributed by atoms with E-state index in [1.54, 1.807) is 24.7 Å². The molecular weight excluding hydrogens is 316 g/mol. The van der Waals surface area contributed by atoms with Crippen molar-refractivity contribution in [3.05, 3.63) is 35.0 Å². The molecule has 2 heterocycles. The number of nitrogens with zero attached hydrogens (tertiary/aromatic N) is 2. The molecule has 2 aromatic heterocycles. The number of carboxylic acid groups (broad SMARTS) is 1. The van der Waals surface area contributed by atoms with Gasteiger partial charge in [-0.05, 0) is 24.6 Å². The lowest BCUT2D eigenvalue weighted by atomic mass is 10.1. The first-order valence-corrected chi connectivity index (χ1v) is 7.93. The van der Waals surface area contributed by atoms with Crippen LogP contribution in [-0.4, -0.2) is 34.7 Å². The summed E-state index contributed by atoms with van der Waals surface area (Å²) in [7, 11) is 3.15. The van der Waals surface area contributed by atoms with Crippen molar-refractivity contribution in [2.24, 2.45) is 0 Å². The standard InChI is InChI=1S/C16H16N2O4S/c1-4-10-14(15(19)20)18-11(8-23-16(18)17-10)9-5-6-12(21-2)13(7-9)22-3/h5-8H,4H2,1-3H3,(H,19,20). The SMILES string of the molecule is CCc1nc2scc(-c3ccc(OC)c(OC)c3)n2c1C(=O)O. The fourth-order valence-electron chi connectivity index (χ4n) is 2.57. The Morgan fingerprint density at radius 1 is 1.30 bits per heavy atom. The molecule has 0 aliphatic carbocycles. The number of ether oxygens (including phenoxy) is 2. The normalized spacial score (nSPS) is 10.9. The van der Waals surface area contributed by atoms with Gasteiger partial charge in [0.25, 0.3) is 0 Å². The van der Waals surface area contributed by atoms with Gasteiger partial charge in [0.05, 0.1) is 25.6 Å². The van der Waals surface area contributed by atoms with Crippen molar-refractivity contribution in [2.45, 2.75) is 13.3 Å². The van der Waals surface area contributed by atoms with Crippen LogP contribution in [0.1, 0.15) is 23.1 Å². The molecule has 3 rings (SSSR count). The monoisotopic (exact) mass is 332 g/mol. The van der Waals surface area contributed by atoms with E-state index < -0.39 is 5.97 Å². The zero-order valence-electron chi connectivity index (χ0n) is 13.0. The molecule has 0 aliphatic rings. The van der Waals surface area contributed by atoms with Crippen LogP contribution in [-0.2, 0) is 6.42 Å². The van der Waals surface area contributed by atoms with Crippen molar-refractivity contribution < 1.29 is 19.4 Å². The molecule has 120 valence electrons. The topological polar surface area (TPSA) is 73.1 Å². The van der Waals surface area contributed by atoms with E-state index in [0.29, 0.717) is 28.6 Å². The fraction of sp³-hybridized carbons (Fsp3) is 0.250. The van der Waals surface area contributed by atoms with E-state index in [-0.39, 0.29) is 5.69 Å². The van der Waals surface area contributed by atoms with Crippen LogP contribution < -0.4 is 9.47 Å². The maximum Gasteiger partial charge on any atom is 0.354 e. The number of benzene rings is 1. The Labute approximate surface area is 136 Å². The maximum absolute atomic E-state index is 11.7. The zero-order chi connectivity index (χ0) is 16.6. The number of hydrogen-bond donors (Lipinski definition) is 1. The molecule has 0 bridgehead atoms. The largest absolute Gasteiger partial charge is 0.493 e. The first kappa shape index (κ1) is 15.4. The molecule has 23 heavy (non-hydrogen) atoms. The van der Waals surface area contributed by atoms with Crippen LogP contribution in [0.15, 0.2) is 23.6 Å². The fourth-order valence-corrected chi connectivity index (χ4v) is 3.48. The van der Waals surface area contributed by atoms with E-state index in [0.717, 1.165) is 11.3 Å². The Balaban J connectivity index is 2.24. The van der Waals surface area contributed by atoms with Crippen molar-refractivity contribution in [3.63, 3.8) is 0 Å². The van der Waals surface area contributed by atoms with Gasteiger partial charge in [0, 0.05) is 10.9 Å². The molecule has 0 saturated carbocycles. The van der Waals surface area contributed by atoms with Gasteiger partial charge in [0.1, 0.15) is 0 Å². The summed E-state index contributed by atoms with van der Waals surface area (Å²) in [6.07, 6.45) is 0.571. The number of hydrogen-bond acceptors (Lipinski definition) is 5. The van der Waals surface area contributed by atoms with Crippen molar-refractivity contribution in [2.75, 3.05) is 14.2 Å². The van der Waals surface area contributed by atoms with Gasteiger partial charge in [0.15, 0.2) is 22.2 Å². The summed E-state index contributed by atoms with van der Waals surface area (Å²) in [5.74, 6) is 0.243. The van der Waals surface area contributed by atoms with Crippen molar-refractivity contribution >= 4 is 22.3 Å². The van der Waals surface area contributed by atoms with Gasteiger partial charge in [-0.3, -0.25) is 4.40 Å². The number of imidazole rings is 1. The van der Waals surface area contributed by atoms with E-state index in [9.17, 15) is 9.90 Å². The molecule has 0 fully saturated rings. The van der Waals surface area contributed by atoms with Crippen molar-refractivity contribution in [3.8, 4) is 22.8 Å². The van der Waals surface area contributed by atoms with Crippen LogP contribution >= 0.6 is 11.3 Å². The summed E-state index contributed by atoms with van der Waals surface area (Å²) in [6.45, 7) is 1.90. The van der Waals surface area contributed by atoms with Gasteiger partial charge in [0.2, 0.25) is 0 Å². The Hall–Kier alpha value is -2.54. The third kappa shape index (κ3) is 2.43. The number of carboxylic acids is 1. The highest BCUT2D eigenvalue weighted by Crippen LogP contribution is 2.35. The average Bonchev–Trinajstić information content (AvgIpc) is 3.12. The molecule has 3 aromatic rings. The van der Waals surface area contributed by atoms with Crippen LogP contribution in [0.5, 0.6) is 11.5 Å². The van der Waals surface area contributed by atoms with E-state index >= 15 is 0 Å². The molecule has 0 saturated heterocycles. The summed E-state index contributed by atoms with van der Waals surface area (Å²) in [5.41, 5.74) is 2.42. The molecule has 0 spiro atoms. The van der Waals surface area contributed by atoms with Gasteiger partial charge in [-0.2, -0.15) is 0 Å². The van der Waals surface area contributed by atoms with E-state index in [4.69, 9.17) is 9.47 Å². The second-order valence-electron chi connectivity index (χ2n) is 4.87. The smallest absolute Gasteiger partial charge is 0.354 e. The highest BCUT2D eigenvalue weighted by atomic mass is 32.1. The maximum atomic E-state index is 11.7. The lowest BCUT2D eigenvalue weighted by molar-refractivity contribution is 0.0688. The van der Waals surface area contributed by atoms with Gasteiger partial charge in [-0.25, -0.2) is 9.78 Å². The Morgan fingerprint density at radius 2 is 2.04 bits per heavy atom. The van der Waals surface area contributed by atoms with E-state index in [1.165, 1.54) is 11.3 Å². The lowest BCUT2D eigenvalue weighted by Gasteiger charge is -2.09. The minimum absolute atomic E-state index is 0.216. The predicted octanol–water partition coefficient (Wildman–Crippen LogP) is 3.34. The number of aromatic nitrogens is 2. The van der Waals surface area contributed by atoms with Gasteiger partial charge in [-0.15, -0.1) is 11.3 Å². The van der Waals surface area contributed by atoms with Crippen LogP contribution in [0.4, 0.5) is 0 Å². The second kappa shape index (κ2) is 5.92. The molecule has 0 unspecified atom stereocenters. The van der Waals surface area contributed by atoms with Crippen LogP contribution in [0.25, 0.3) is 16.2 Å². The first-order valence-electron chi connectivity index (χ1n) is 7.05. The zero-order valence-corrected chi connectivity index (χ0v) is 13.8. The molecule has 1 aromatic carbocycles. The number of carbonyl (C=O) groups is 1. The molecule has 6 nitrogen and oxygen atoms in total. The van der Waals surface area contributed by atoms with Gasteiger partial charge in [-0.1, -0.05) is 6.92 Å². The minimum atomic E-state index is -0.977. The number of methoxy groups -OCH3 is 2. The summed E-state index contributed by atoms with van der Waals surface area (Å²) in [4.78, 5) is 16.7. The Morgan fingerprint density at radius 3 is 2.65 bits per heavy atom. The highest BCUT2D eigenvalue weighted by Gasteiger charge is 2.22. The van der Waals surface area contributed by atoms with E-state index in [1.807, 2.05) is 24.4 Å². The Bertz CT molecular complexity index is 882. The molecule has 7 heteroatoms. The number of aromatic carboxylic acids is 1. The van der Waals surface area contributed by atoms with Crippen molar-refractivity contribution in [1.29, 1.82) is 0 Å². The number of aryl methyl sites for hydroxylation is 1. The highest BCUT2D eigenvalue weighted by molar-refractivity contribution is 7.15. The van der Waals surface area contributed by atoms with Crippen LogP contribution in [0.2, 0.25) is 0 Å². The predicted molar refractivity (Wildman–Crippen MR) is 87.9 cm³/mol. The quantitative estimate of drug-likeness (QED) is 0.776. The molecular formula is C16H16N2O4S. The van der Waals surface area contributed by atoms with Crippen LogP contribution in [0.3, 0.4) is 0 Å². The van der Waals surface area contributed by atoms with Gasteiger partial charge >= 0.3 is 5.97 Å². The Kier molecular flexibility index (Phi) is 3.96. The first-order chi connectivity index (χ1) is 11.1. The van der Waals surface area contributed by atoms with Crippen LogP contribution in [0, 0.1) is 0 Å². The summed E-state index contributed by atoms with van der Waals surface area (Å²) in [5, 5.41) is 11.5. The molecule has 0 radical (unpaired) electrons. The summed E-state index contributed by atoms with van der Waals surface area (Å²) in [6, 6.07) is 5.51. The molecule has 0 aliphatic heterocycles. The average molecular weight is 332 g/mol. The van der Waals surface area contributed by atoms with Crippen molar-refractivity contribution in [1.82, 2.24) is 9.38 Å². The summed E-state index contributed by atoms with van der Waals surface area (Å²) >= 11 is 1.42. The second-order valence-corrected chi connectivity index (χ2v) is 5.71. The molecule has 0 atom stereocenters.